The van der Waals surface area contributed by atoms with Crippen molar-refractivity contribution in [1.29, 1.82) is 0 Å². The number of amides is 2. The van der Waals surface area contributed by atoms with E-state index in [9.17, 15) is 14.4 Å². The number of aryl methyl sites for hydroxylation is 1. The van der Waals surface area contributed by atoms with Gasteiger partial charge in [-0.2, -0.15) is 0 Å². The lowest BCUT2D eigenvalue weighted by Crippen LogP contribution is -2.51. The molecule has 2 aliphatic rings. The number of rotatable bonds is 10. The summed E-state index contributed by atoms with van der Waals surface area (Å²) in [6, 6.07) is 5.33. The summed E-state index contributed by atoms with van der Waals surface area (Å²) in [5, 5.41) is 8.29. The summed E-state index contributed by atoms with van der Waals surface area (Å²) < 4.78 is 11.3. The van der Waals surface area contributed by atoms with Crippen LogP contribution in [0.4, 0.5) is 0 Å². The van der Waals surface area contributed by atoms with E-state index in [0.717, 1.165) is 32.4 Å². The Morgan fingerprint density at radius 3 is 2.37 bits per heavy atom. The highest BCUT2D eigenvalue weighted by Gasteiger charge is 2.25. The number of aromatic amines is 1. The monoisotopic (exact) mass is 526 g/mol. The first kappa shape index (κ1) is 27.6. The molecule has 0 radical (unpaired) electrons. The quantitative estimate of drug-likeness (QED) is 0.497. The molecule has 2 saturated heterocycles. The van der Waals surface area contributed by atoms with Crippen LogP contribution in [0, 0.1) is 0 Å². The van der Waals surface area contributed by atoms with E-state index in [1.54, 1.807) is 30.2 Å². The first-order valence-corrected chi connectivity index (χ1v) is 13.5. The second-order valence-electron chi connectivity index (χ2n) is 9.90. The van der Waals surface area contributed by atoms with E-state index in [-0.39, 0.29) is 42.0 Å². The predicted molar refractivity (Wildman–Crippen MR) is 142 cm³/mol. The number of methoxy groups -OCH3 is 1. The summed E-state index contributed by atoms with van der Waals surface area (Å²) in [6.45, 7) is 8.65. The zero-order valence-corrected chi connectivity index (χ0v) is 22.6. The van der Waals surface area contributed by atoms with Crippen molar-refractivity contribution in [3.05, 3.63) is 34.2 Å². The number of nitrogens with zero attached hydrogens (tertiary/aromatic N) is 5. The maximum absolute atomic E-state index is 12.8. The van der Waals surface area contributed by atoms with Crippen LogP contribution in [0.5, 0.6) is 11.5 Å². The summed E-state index contributed by atoms with van der Waals surface area (Å²) in [5.74, 6) is 1.63. The summed E-state index contributed by atoms with van der Waals surface area (Å²) >= 11 is 0. The normalized spacial score (nSPS) is 16.9. The Bertz CT molecular complexity index is 1170. The molecule has 2 fully saturated rings. The second-order valence-corrected chi connectivity index (χ2v) is 9.90. The summed E-state index contributed by atoms with van der Waals surface area (Å²) in [4.78, 5) is 46.4. The average Bonchev–Trinajstić information content (AvgIpc) is 3.48. The Morgan fingerprint density at radius 1 is 1.00 bits per heavy atom. The summed E-state index contributed by atoms with van der Waals surface area (Å²) in [7, 11) is 1.56. The summed E-state index contributed by atoms with van der Waals surface area (Å²) in [5.41, 5.74) is 0.499. The number of nitrogens with one attached hydrogen (secondary N) is 1. The van der Waals surface area contributed by atoms with Crippen LogP contribution in [0.2, 0.25) is 0 Å². The van der Waals surface area contributed by atoms with Crippen molar-refractivity contribution in [1.82, 2.24) is 29.9 Å². The second kappa shape index (κ2) is 12.9. The fourth-order valence-electron chi connectivity index (χ4n) is 4.66. The Kier molecular flexibility index (Phi) is 9.33. The molecule has 38 heavy (non-hydrogen) atoms. The number of carbonyl (C=O) groups is 2. The molecule has 1 aromatic heterocycles. The van der Waals surface area contributed by atoms with Gasteiger partial charge in [-0.05, 0) is 44.4 Å². The molecule has 0 aliphatic carbocycles. The lowest BCUT2D eigenvalue weighted by molar-refractivity contribution is -0.134. The maximum atomic E-state index is 12.8. The number of H-pyrrole nitrogens is 1. The van der Waals surface area contributed by atoms with Crippen molar-refractivity contribution in [2.24, 2.45) is 0 Å². The number of hydrogen-bond donors (Lipinski definition) is 1. The van der Waals surface area contributed by atoms with Crippen molar-refractivity contribution in [3.8, 4) is 22.9 Å². The molecule has 1 unspecified atom stereocenters. The number of benzene rings is 1. The lowest BCUT2D eigenvalue weighted by Gasteiger charge is -2.35. The number of hydrogen-bond acceptors (Lipinski definition) is 8. The molecule has 0 saturated carbocycles. The van der Waals surface area contributed by atoms with E-state index < -0.39 is 0 Å². The number of carbonyl (C=O) groups excluding carboxylic acids is 2. The van der Waals surface area contributed by atoms with Crippen molar-refractivity contribution < 1.29 is 19.1 Å². The van der Waals surface area contributed by atoms with E-state index in [4.69, 9.17) is 9.47 Å². The third kappa shape index (κ3) is 6.89. The highest BCUT2D eigenvalue weighted by Crippen LogP contribution is 2.32. The van der Waals surface area contributed by atoms with Crippen LogP contribution in [0.15, 0.2) is 23.0 Å². The van der Waals surface area contributed by atoms with Gasteiger partial charge >= 0.3 is 0 Å². The van der Waals surface area contributed by atoms with Crippen LogP contribution >= 0.6 is 0 Å². The highest BCUT2D eigenvalue weighted by molar-refractivity contribution is 5.79. The lowest BCUT2D eigenvalue weighted by atomic mass is 10.1. The van der Waals surface area contributed by atoms with Gasteiger partial charge in [0.15, 0.2) is 17.3 Å². The predicted octanol–water partition coefficient (Wildman–Crippen LogP) is 1.72. The van der Waals surface area contributed by atoms with Gasteiger partial charge in [0, 0.05) is 57.7 Å². The zero-order valence-electron chi connectivity index (χ0n) is 22.6. The van der Waals surface area contributed by atoms with Crippen LogP contribution in [-0.4, -0.2) is 101 Å². The molecule has 0 spiro atoms. The molecule has 2 aliphatic heterocycles. The number of likely N-dealkylation sites (tertiary alicyclic amines) is 1. The molecule has 1 aromatic carbocycles. The van der Waals surface area contributed by atoms with Crippen molar-refractivity contribution in [2.45, 2.75) is 52.1 Å². The minimum absolute atomic E-state index is 0.0255. The molecule has 11 nitrogen and oxygen atoms in total. The van der Waals surface area contributed by atoms with Gasteiger partial charge in [0.2, 0.25) is 11.8 Å². The SMILES string of the molecule is CCC(C)Oc1ccc(-c2nnc(CCC(=O)N3CCN(CC(=O)N4CCCC4)CC3)c(=O)[nH]2)cc1OC. The van der Waals surface area contributed by atoms with Crippen LogP contribution in [0.1, 0.15) is 45.2 Å². The van der Waals surface area contributed by atoms with Crippen LogP contribution in [-0.2, 0) is 16.0 Å². The van der Waals surface area contributed by atoms with Crippen molar-refractivity contribution in [2.75, 3.05) is 52.9 Å². The molecular weight excluding hydrogens is 488 g/mol. The minimum atomic E-state index is -0.369. The third-order valence-electron chi connectivity index (χ3n) is 7.22. The molecule has 2 aromatic rings. The number of ether oxygens (including phenoxy) is 2. The van der Waals surface area contributed by atoms with Crippen molar-refractivity contribution in [3.63, 3.8) is 0 Å². The smallest absolute Gasteiger partial charge is 0.273 e. The Morgan fingerprint density at radius 2 is 1.71 bits per heavy atom. The van der Waals surface area contributed by atoms with Crippen LogP contribution < -0.4 is 15.0 Å². The van der Waals surface area contributed by atoms with Gasteiger partial charge in [-0.3, -0.25) is 19.3 Å². The first-order valence-electron chi connectivity index (χ1n) is 13.5. The van der Waals surface area contributed by atoms with E-state index in [0.29, 0.717) is 55.6 Å². The van der Waals surface area contributed by atoms with Gasteiger partial charge in [-0.25, -0.2) is 0 Å². The van der Waals surface area contributed by atoms with E-state index in [1.165, 1.54) is 0 Å². The van der Waals surface area contributed by atoms with Gasteiger partial charge in [0.25, 0.3) is 5.56 Å². The molecule has 2 amide bonds. The Balaban J connectivity index is 1.29. The molecule has 206 valence electrons. The first-order chi connectivity index (χ1) is 18.4. The molecular formula is C27H38N6O5. The van der Waals surface area contributed by atoms with E-state index in [2.05, 4.69) is 20.1 Å². The maximum Gasteiger partial charge on any atom is 0.273 e. The fraction of sp³-hybridized carbons (Fsp3) is 0.593. The summed E-state index contributed by atoms with van der Waals surface area (Å²) in [6.07, 6.45) is 3.46. The van der Waals surface area contributed by atoms with Gasteiger partial charge in [0.1, 0.15) is 5.69 Å². The van der Waals surface area contributed by atoms with Crippen LogP contribution in [0.3, 0.4) is 0 Å². The molecule has 1 N–H and O–H groups in total. The van der Waals surface area contributed by atoms with E-state index in [1.807, 2.05) is 18.7 Å². The fourth-order valence-corrected chi connectivity index (χ4v) is 4.66. The van der Waals surface area contributed by atoms with Crippen LogP contribution in [0.25, 0.3) is 11.4 Å². The van der Waals surface area contributed by atoms with Crippen molar-refractivity contribution >= 4 is 11.8 Å². The molecule has 11 heteroatoms. The molecule has 1 atom stereocenters. The van der Waals surface area contributed by atoms with E-state index >= 15 is 0 Å². The molecule has 4 rings (SSSR count). The largest absolute Gasteiger partial charge is 0.493 e. The Labute approximate surface area is 223 Å². The zero-order chi connectivity index (χ0) is 27.1. The van der Waals surface area contributed by atoms with Gasteiger partial charge < -0.3 is 24.3 Å². The highest BCUT2D eigenvalue weighted by atomic mass is 16.5. The topological polar surface area (TPSA) is 121 Å². The third-order valence-corrected chi connectivity index (χ3v) is 7.22. The average molecular weight is 527 g/mol. The van der Waals surface area contributed by atoms with Gasteiger partial charge in [-0.15, -0.1) is 10.2 Å². The minimum Gasteiger partial charge on any atom is -0.493 e. The van der Waals surface area contributed by atoms with Gasteiger partial charge in [-0.1, -0.05) is 6.92 Å². The van der Waals surface area contributed by atoms with Gasteiger partial charge in [0.05, 0.1) is 19.8 Å². The molecule has 3 heterocycles. The standard InChI is InChI=1S/C27H38N6O5/c1-4-19(2)38-22-9-7-20(17-23(22)37-3)26-28-27(36)21(29-30-26)8-10-24(34)33-15-13-31(14-16-33)18-25(35)32-11-5-6-12-32/h7,9,17,19H,4-6,8,10-16,18H2,1-3H3,(H,28,30,36). The molecule has 0 bridgehead atoms. The number of aromatic nitrogens is 3. The Hall–Kier alpha value is -3.47. The number of piperazine rings is 1.